The summed E-state index contributed by atoms with van der Waals surface area (Å²) in [5.74, 6) is -0.573. The highest BCUT2D eigenvalue weighted by molar-refractivity contribution is 5.93. The summed E-state index contributed by atoms with van der Waals surface area (Å²) >= 11 is 0. The molecule has 0 saturated carbocycles. The van der Waals surface area contributed by atoms with E-state index in [9.17, 15) is 4.79 Å². The van der Waals surface area contributed by atoms with Crippen LogP contribution in [-0.2, 0) is 0 Å². The van der Waals surface area contributed by atoms with Crippen LogP contribution in [0.15, 0.2) is 30.3 Å². The first-order valence-electron chi connectivity index (χ1n) is 4.06. The van der Waals surface area contributed by atoms with Crippen LogP contribution in [0.5, 0.6) is 0 Å². The lowest BCUT2D eigenvalue weighted by Crippen LogP contribution is -1.96. The molecule has 0 fully saturated rings. The Bertz CT molecular complexity index is 514. The Morgan fingerprint density at radius 1 is 1.27 bits per heavy atom. The van der Waals surface area contributed by atoms with Gasteiger partial charge >= 0.3 is 5.97 Å². The summed E-state index contributed by atoms with van der Waals surface area (Å²) in [5.41, 5.74) is 6.31. The fourth-order valence-corrected chi connectivity index (χ4v) is 1.27. The molecule has 5 heteroatoms. The number of carboxylic acid groups (broad SMARTS) is 1. The molecular formula is C10H9ClN2O2. The second kappa shape index (κ2) is 4.14. The van der Waals surface area contributed by atoms with Crippen molar-refractivity contribution in [1.29, 1.82) is 0 Å². The van der Waals surface area contributed by atoms with Crippen molar-refractivity contribution in [2.45, 2.75) is 0 Å². The number of hydrogen-bond acceptors (Lipinski definition) is 3. The highest BCUT2D eigenvalue weighted by Gasteiger charge is 2.03. The molecule has 0 bridgehead atoms. The monoisotopic (exact) mass is 224 g/mol. The first-order valence-corrected chi connectivity index (χ1v) is 4.06. The molecule has 0 radical (unpaired) electrons. The van der Waals surface area contributed by atoms with Gasteiger partial charge in [0.25, 0.3) is 0 Å². The van der Waals surface area contributed by atoms with Crippen molar-refractivity contribution in [1.82, 2.24) is 4.98 Å². The summed E-state index contributed by atoms with van der Waals surface area (Å²) in [6.07, 6.45) is 0. The number of nitrogens with two attached hydrogens (primary N) is 1. The molecule has 78 valence electrons. The first-order chi connectivity index (χ1) is 6.66. The zero-order chi connectivity index (χ0) is 10.1. The van der Waals surface area contributed by atoms with E-state index in [1.54, 1.807) is 18.2 Å². The molecule has 0 aliphatic rings. The van der Waals surface area contributed by atoms with Crippen LogP contribution in [0.4, 0.5) is 5.82 Å². The molecule has 0 unspecified atom stereocenters. The summed E-state index contributed by atoms with van der Waals surface area (Å²) in [5, 5.41) is 9.63. The van der Waals surface area contributed by atoms with Gasteiger partial charge in [0.2, 0.25) is 0 Å². The average molecular weight is 225 g/mol. The van der Waals surface area contributed by atoms with Crippen LogP contribution in [0.2, 0.25) is 0 Å². The van der Waals surface area contributed by atoms with Crippen LogP contribution in [0.25, 0.3) is 10.9 Å². The van der Waals surface area contributed by atoms with Gasteiger partial charge in [-0.05, 0) is 24.3 Å². The van der Waals surface area contributed by atoms with Crippen molar-refractivity contribution in [2.75, 3.05) is 5.73 Å². The highest BCUT2D eigenvalue weighted by atomic mass is 35.5. The minimum absolute atomic E-state index is 0. The van der Waals surface area contributed by atoms with Gasteiger partial charge in [0, 0.05) is 5.39 Å². The Kier molecular flexibility index (Phi) is 3.11. The minimum atomic E-state index is -0.962. The van der Waals surface area contributed by atoms with Crippen molar-refractivity contribution in [3.8, 4) is 0 Å². The molecule has 0 aliphatic heterocycles. The van der Waals surface area contributed by atoms with Gasteiger partial charge < -0.3 is 10.8 Å². The van der Waals surface area contributed by atoms with Gasteiger partial charge in [-0.1, -0.05) is 6.07 Å². The predicted octanol–water partition coefficient (Wildman–Crippen LogP) is 1.94. The summed E-state index contributed by atoms with van der Waals surface area (Å²) in [4.78, 5) is 14.7. The molecule has 1 heterocycles. The van der Waals surface area contributed by atoms with Crippen molar-refractivity contribution in [2.24, 2.45) is 0 Å². The number of aromatic carboxylic acids is 1. The Morgan fingerprint density at radius 3 is 2.60 bits per heavy atom. The number of halogens is 1. The quantitative estimate of drug-likeness (QED) is 0.776. The van der Waals surface area contributed by atoms with Crippen LogP contribution in [-0.4, -0.2) is 16.1 Å². The first kappa shape index (κ1) is 11.3. The van der Waals surface area contributed by atoms with Crippen LogP contribution in [0, 0.1) is 0 Å². The highest BCUT2D eigenvalue weighted by Crippen LogP contribution is 2.15. The molecular weight excluding hydrogens is 216 g/mol. The molecule has 0 spiro atoms. The number of fused-ring (bicyclic) bond motifs is 1. The number of anilines is 1. The van der Waals surface area contributed by atoms with Gasteiger partial charge in [-0.15, -0.1) is 12.4 Å². The molecule has 0 aliphatic carbocycles. The summed E-state index contributed by atoms with van der Waals surface area (Å²) < 4.78 is 0. The zero-order valence-corrected chi connectivity index (χ0v) is 8.49. The Labute approximate surface area is 92.1 Å². The number of carboxylic acids is 1. The number of hydrogen-bond donors (Lipinski definition) is 2. The molecule has 0 saturated heterocycles. The number of benzene rings is 1. The summed E-state index contributed by atoms with van der Waals surface area (Å²) in [6.45, 7) is 0. The summed E-state index contributed by atoms with van der Waals surface area (Å²) in [7, 11) is 0. The fourth-order valence-electron chi connectivity index (χ4n) is 1.27. The third kappa shape index (κ3) is 2.16. The van der Waals surface area contributed by atoms with Crippen LogP contribution >= 0.6 is 12.4 Å². The maximum atomic E-state index is 10.7. The number of aromatic nitrogens is 1. The average Bonchev–Trinajstić information content (AvgIpc) is 2.16. The van der Waals surface area contributed by atoms with E-state index in [0.717, 1.165) is 5.39 Å². The SMILES string of the molecule is Cl.Nc1ccc2ccc(C(=O)O)cc2n1. The maximum absolute atomic E-state index is 10.7. The summed E-state index contributed by atoms with van der Waals surface area (Å²) in [6, 6.07) is 8.26. The molecule has 0 atom stereocenters. The van der Waals surface area contributed by atoms with Gasteiger partial charge in [-0.25, -0.2) is 9.78 Å². The number of nitrogens with zero attached hydrogens (tertiary/aromatic N) is 1. The number of nitrogen functional groups attached to an aromatic ring is 1. The maximum Gasteiger partial charge on any atom is 0.335 e. The van der Waals surface area contributed by atoms with E-state index in [1.807, 2.05) is 6.07 Å². The zero-order valence-electron chi connectivity index (χ0n) is 7.68. The topological polar surface area (TPSA) is 76.2 Å². The Hall–Kier alpha value is -1.81. The van der Waals surface area contributed by atoms with Gasteiger partial charge in [0.1, 0.15) is 5.82 Å². The smallest absolute Gasteiger partial charge is 0.335 e. The van der Waals surface area contributed by atoms with Gasteiger partial charge in [0.05, 0.1) is 11.1 Å². The molecule has 15 heavy (non-hydrogen) atoms. The van der Waals surface area contributed by atoms with Crippen molar-refractivity contribution < 1.29 is 9.90 Å². The van der Waals surface area contributed by atoms with Gasteiger partial charge in [-0.2, -0.15) is 0 Å². The fraction of sp³-hybridized carbons (Fsp3) is 0. The lowest BCUT2D eigenvalue weighted by Gasteiger charge is -1.99. The van der Waals surface area contributed by atoms with Crippen LogP contribution in [0.3, 0.4) is 0 Å². The Balaban J connectivity index is 0.00000112. The molecule has 2 aromatic rings. The van der Waals surface area contributed by atoms with Crippen molar-refractivity contribution >= 4 is 35.1 Å². The molecule has 3 N–H and O–H groups in total. The number of carbonyl (C=O) groups is 1. The normalized spacial score (nSPS) is 9.60. The standard InChI is InChI=1S/C10H8N2O2.ClH/c11-9-4-3-6-1-2-7(10(13)14)5-8(6)12-9;/h1-5H,(H2,11,12)(H,13,14);1H. The van der Waals surface area contributed by atoms with E-state index in [2.05, 4.69) is 4.98 Å². The van der Waals surface area contributed by atoms with Crippen LogP contribution < -0.4 is 5.73 Å². The number of rotatable bonds is 1. The van der Waals surface area contributed by atoms with E-state index in [0.29, 0.717) is 11.3 Å². The van der Waals surface area contributed by atoms with Crippen LogP contribution in [0.1, 0.15) is 10.4 Å². The molecule has 0 amide bonds. The van der Waals surface area contributed by atoms with E-state index >= 15 is 0 Å². The van der Waals surface area contributed by atoms with E-state index in [-0.39, 0.29) is 18.0 Å². The Morgan fingerprint density at radius 2 is 1.93 bits per heavy atom. The molecule has 4 nitrogen and oxygen atoms in total. The van der Waals surface area contributed by atoms with E-state index in [1.165, 1.54) is 6.07 Å². The lowest BCUT2D eigenvalue weighted by molar-refractivity contribution is 0.0697. The lowest BCUT2D eigenvalue weighted by atomic mass is 10.1. The second-order valence-corrected chi connectivity index (χ2v) is 2.95. The number of pyridine rings is 1. The third-order valence-electron chi connectivity index (χ3n) is 1.96. The molecule has 1 aromatic carbocycles. The van der Waals surface area contributed by atoms with Crippen molar-refractivity contribution in [3.63, 3.8) is 0 Å². The molecule has 1 aromatic heterocycles. The third-order valence-corrected chi connectivity index (χ3v) is 1.96. The van der Waals surface area contributed by atoms with E-state index in [4.69, 9.17) is 10.8 Å². The second-order valence-electron chi connectivity index (χ2n) is 2.95. The van der Waals surface area contributed by atoms with Gasteiger partial charge in [0.15, 0.2) is 0 Å². The predicted molar refractivity (Wildman–Crippen MR) is 60.4 cm³/mol. The van der Waals surface area contributed by atoms with E-state index < -0.39 is 5.97 Å². The molecule has 2 rings (SSSR count). The van der Waals surface area contributed by atoms with Gasteiger partial charge in [-0.3, -0.25) is 0 Å². The minimum Gasteiger partial charge on any atom is -0.478 e. The largest absolute Gasteiger partial charge is 0.478 e. The van der Waals surface area contributed by atoms with Crippen molar-refractivity contribution in [3.05, 3.63) is 35.9 Å².